The van der Waals surface area contributed by atoms with Crippen molar-refractivity contribution in [2.75, 3.05) is 45.7 Å². The fourth-order valence-electron chi connectivity index (χ4n) is 6.07. The van der Waals surface area contributed by atoms with Crippen molar-refractivity contribution >= 4 is 34.3 Å². The van der Waals surface area contributed by atoms with Gasteiger partial charge in [0.25, 0.3) is 5.91 Å². The maximum atomic E-state index is 12.9. The number of fused-ring (bicyclic) bond motifs is 2. The fourth-order valence-corrected chi connectivity index (χ4v) is 6.91. The number of amides is 2. The van der Waals surface area contributed by atoms with Gasteiger partial charge in [-0.2, -0.15) is 0 Å². The van der Waals surface area contributed by atoms with Crippen molar-refractivity contribution in [3.8, 4) is 17.0 Å². The Morgan fingerprint density at radius 2 is 1.76 bits per heavy atom. The van der Waals surface area contributed by atoms with Gasteiger partial charge in [-0.1, -0.05) is 17.7 Å². The molecule has 0 unspecified atom stereocenters. The number of carbonyl (C=O) groups is 3. The largest absolute Gasteiger partial charge is 0.488 e. The normalized spacial score (nSPS) is 19.5. The minimum absolute atomic E-state index is 0.0199. The number of aliphatic carboxylic acids is 1. The third kappa shape index (κ3) is 6.13. The van der Waals surface area contributed by atoms with E-state index in [0.717, 1.165) is 64.8 Å². The number of rotatable bonds is 9. The van der Waals surface area contributed by atoms with Crippen LogP contribution >= 0.6 is 11.3 Å². The van der Waals surface area contributed by atoms with Gasteiger partial charge in [0.15, 0.2) is 5.13 Å². The zero-order valence-corrected chi connectivity index (χ0v) is 25.6. The number of hydrogen-bond acceptors (Lipinski definition) is 7. The highest BCUT2D eigenvalue weighted by atomic mass is 32.1. The van der Waals surface area contributed by atoms with Crippen molar-refractivity contribution in [2.24, 2.45) is 17.8 Å². The van der Waals surface area contributed by atoms with Gasteiger partial charge in [-0.3, -0.25) is 14.4 Å². The Labute approximate surface area is 250 Å². The highest BCUT2D eigenvalue weighted by molar-refractivity contribution is 7.14. The third-order valence-corrected chi connectivity index (χ3v) is 9.38. The molecule has 2 fully saturated rings. The van der Waals surface area contributed by atoms with E-state index in [9.17, 15) is 19.5 Å². The molecule has 1 aliphatic heterocycles. The lowest BCUT2D eigenvalue weighted by Gasteiger charge is -2.35. The van der Waals surface area contributed by atoms with E-state index in [1.165, 1.54) is 9.80 Å². The molecule has 2 bridgehead atoms. The molecule has 0 spiro atoms. The molecule has 1 N–H and O–H groups in total. The standard InChI is InChI=1S/C32H38N4O5S/c1-19-6-11-27(41-17-24-10-7-21(13-20(24)2)30(38)35(5)16-28(37)34(3)4)25(12-19)26-18-42-32(33-26)36-14-22-8-9-23(15-36)29(22)31(39)40/h6-7,10-13,18,22-23,29H,8-9,14-17H2,1-5H3,(H,39,40)/t22-,23-/m0/s1. The minimum Gasteiger partial charge on any atom is -0.488 e. The molecule has 0 radical (unpaired) electrons. The molecule has 1 saturated heterocycles. The summed E-state index contributed by atoms with van der Waals surface area (Å²) in [6, 6.07) is 11.6. The van der Waals surface area contributed by atoms with Crippen LogP contribution < -0.4 is 9.64 Å². The van der Waals surface area contributed by atoms with E-state index in [4.69, 9.17) is 9.72 Å². The summed E-state index contributed by atoms with van der Waals surface area (Å²) in [5.41, 5.74) is 5.27. The van der Waals surface area contributed by atoms with E-state index in [-0.39, 0.29) is 36.1 Å². The molecule has 1 aliphatic carbocycles. The number of carboxylic acid groups (broad SMARTS) is 1. The summed E-state index contributed by atoms with van der Waals surface area (Å²) in [4.78, 5) is 46.8. The van der Waals surface area contributed by atoms with Crippen LogP contribution in [0.3, 0.4) is 0 Å². The maximum Gasteiger partial charge on any atom is 0.307 e. The first-order chi connectivity index (χ1) is 20.0. The van der Waals surface area contributed by atoms with Crippen LogP contribution in [0.15, 0.2) is 41.8 Å². The highest BCUT2D eigenvalue weighted by Crippen LogP contribution is 2.44. The van der Waals surface area contributed by atoms with Crippen LogP contribution in [0.5, 0.6) is 5.75 Å². The molecule has 2 heterocycles. The van der Waals surface area contributed by atoms with Gasteiger partial charge in [-0.15, -0.1) is 11.3 Å². The topological polar surface area (TPSA) is 103 Å². The van der Waals surface area contributed by atoms with Crippen LogP contribution in [0.1, 0.15) is 39.9 Å². The summed E-state index contributed by atoms with van der Waals surface area (Å²) in [6.07, 6.45) is 1.93. The molecular formula is C32H38N4O5S. The average Bonchev–Trinajstić information content (AvgIpc) is 3.55. The maximum absolute atomic E-state index is 12.9. The molecule has 10 heteroatoms. The van der Waals surface area contributed by atoms with Gasteiger partial charge in [0, 0.05) is 50.7 Å². The number of carboxylic acids is 1. The number of ether oxygens (including phenoxy) is 1. The first kappa shape index (κ1) is 29.6. The summed E-state index contributed by atoms with van der Waals surface area (Å²) in [5.74, 6) is -0.159. The van der Waals surface area contributed by atoms with Gasteiger partial charge < -0.3 is 24.5 Å². The Morgan fingerprint density at radius 3 is 2.40 bits per heavy atom. The van der Waals surface area contributed by atoms with Crippen LogP contribution in [0.2, 0.25) is 0 Å². The number of anilines is 1. The van der Waals surface area contributed by atoms with E-state index < -0.39 is 5.97 Å². The molecule has 1 aromatic heterocycles. The molecule has 9 nitrogen and oxygen atoms in total. The second kappa shape index (κ2) is 12.1. The van der Waals surface area contributed by atoms with Gasteiger partial charge in [0.1, 0.15) is 12.4 Å². The fraction of sp³-hybridized carbons (Fsp3) is 0.438. The number of likely N-dealkylation sites (N-methyl/N-ethyl adjacent to an activating group) is 2. The quantitative estimate of drug-likeness (QED) is 0.385. The van der Waals surface area contributed by atoms with Crippen molar-refractivity contribution in [3.05, 3.63) is 64.0 Å². The number of hydrogen-bond donors (Lipinski definition) is 1. The van der Waals surface area contributed by atoms with Crippen LogP contribution in [0, 0.1) is 31.6 Å². The molecule has 222 valence electrons. The lowest BCUT2D eigenvalue weighted by atomic mass is 9.85. The van der Waals surface area contributed by atoms with E-state index in [2.05, 4.69) is 11.0 Å². The Balaban J connectivity index is 1.28. The van der Waals surface area contributed by atoms with Crippen molar-refractivity contribution < 1.29 is 24.2 Å². The molecular weight excluding hydrogens is 552 g/mol. The highest BCUT2D eigenvalue weighted by Gasteiger charge is 2.46. The molecule has 2 aliphatic rings. The molecule has 1 saturated carbocycles. The van der Waals surface area contributed by atoms with E-state index in [1.54, 1.807) is 38.5 Å². The summed E-state index contributed by atoms with van der Waals surface area (Å²) in [5, 5.41) is 12.6. The van der Waals surface area contributed by atoms with Crippen LogP contribution in [0.25, 0.3) is 11.3 Å². The van der Waals surface area contributed by atoms with Crippen LogP contribution in [-0.4, -0.2) is 78.5 Å². The predicted octanol–water partition coefficient (Wildman–Crippen LogP) is 4.71. The predicted molar refractivity (Wildman–Crippen MR) is 163 cm³/mol. The molecule has 42 heavy (non-hydrogen) atoms. The number of aryl methyl sites for hydroxylation is 2. The van der Waals surface area contributed by atoms with Gasteiger partial charge in [0.05, 0.1) is 18.2 Å². The van der Waals surface area contributed by atoms with E-state index >= 15 is 0 Å². The second-order valence-electron chi connectivity index (χ2n) is 11.8. The molecule has 3 aromatic rings. The number of thiazole rings is 1. The number of aromatic nitrogens is 1. The van der Waals surface area contributed by atoms with Crippen LogP contribution in [0.4, 0.5) is 5.13 Å². The zero-order chi connectivity index (χ0) is 30.1. The van der Waals surface area contributed by atoms with Gasteiger partial charge in [-0.25, -0.2) is 4.98 Å². The summed E-state index contributed by atoms with van der Waals surface area (Å²) in [6.45, 7) is 5.80. The van der Waals surface area contributed by atoms with Crippen molar-refractivity contribution in [1.29, 1.82) is 0 Å². The Kier molecular flexibility index (Phi) is 8.54. The summed E-state index contributed by atoms with van der Waals surface area (Å²) in [7, 11) is 4.96. The average molecular weight is 591 g/mol. The van der Waals surface area contributed by atoms with Gasteiger partial charge >= 0.3 is 5.97 Å². The van der Waals surface area contributed by atoms with E-state index in [1.807, 2.05) is 43.5 Å². The summed E-state index contributed by atoms with van der Waals surface area (Å²) < 4.78 is 6.32. The monoisotopic (exact) mass is 590 g/mol. The Bertz CT molecular complexity index is 1490. The third-order valence-electron chi connectivity index (χ3n) is 8.48. The molecule has 5 rings (SSSR count). The van der Waals surface area contributed by atoms with E-state index in [0.29, 0.717) is 12.2 Å². The lowest BCUT2D eigenvalue weighted by molar-refractivity contribution is -0.144. The van der Waals surface area contributed by atoms with Gasteiger partial charge in [-0.05, 0) is 73.9 Å². The number of piperidine rings is 1. The van der Waals surface area contributed by atoms with Crippen LogP contribution in [-0.2, 0) is 16.2 Å². The zero-order valence-electron chi connectivity index (χ0n) is 24.8. The number of carbonyl (C=O) groups excluding carboxylic acids is 2. The summed E-state index contributed by atoms with van der Waals surface area (Å²) >= 11 is 1.59. The first-order valence-corrected chi connectivity index (χ1v) is 15.1. The van der Waals surface area contributed by atoms with Gasteiger partial charge in [0.2, 0.25) is 5.91 Å². The van der Waals surface area contributed by atoms with Crippen molar-refractivity contribution in [2.45, 2.75) is 33.3 Å². The lowest BCUT2D eigenvalue weighted by Crippen LogP contribution is -2.44. The first-order valence-electron chi connectivity index (χ1n) is 14.2. The number of benzene rings is 2. The smallest absolute Gasteiger partial charge is 0.307 e. The van der Waals surface area contributed by atoms with Crippen molar-refractivity contribution in [3.63, 3.8) is 0 Å². The molecule has 2 atom stereocenters. The minimum atomic E-state index is -0.663. The molecule has 2 amide bonds. The Morgan fingerprint density at radius 1 is 1.05 bits per heavy atom. The molecule has 2 aromatic carbocycles. The Hall–Kier alpha value is -3.92. The second-order valence-corrected chi connectivity index (χ2v) is 12.6. The van der Waals surface area contributed by atoms with Crippen molar-refractivity contribution in [1.82, 2.24) is 14.8 Å². The SMILES string of the molecule is Cc1ccc(OCc2ccc(C(=O)N(C)CC(=O)N(C)C)cc2C)c(-c2csc(N3C[C@@H]4CC[C@@H](C3)C4C(=O)O)n2)c1. The number of nitrogens with zero attached hydrogens (tertiary/aromatic N) is 4.